The lowest BCUT2D eigenvalue weighted by Crippen LogP contribution is -2.20. The summed E-state index contributed by atoms with van der Waals surface area (Å²) in [5.41, 5.74) is 4.49. The third-order valence-electron chi connectivity index (χ3n) is 4.58. The van der Waals surface area contributed by atoms with Gasteiger partial charge in [0.15, 0.2) is 0 Å². The molecule has 0 bridgehead atoms. The van der Waals surface area contributed by atoms with Gasteiger partial charge in [0.2, 0.25) is 0 Å². The highest BCUT2D eigenvalue weighted by Gasteiger charge is 2.22. The fraction of sp³-hybridized carbons (Fsp3) is 0.500. The summed E-state index contributed by atoms with van der Waals surface area (Å²) in [5, 5.41) is 3.56. The molecule has 0 saturated heterocycles. The van der Waals surface area contributed by atoms with E-state index in [0.29, 0.717) is 13.2 Å². The first-order chi connectivity index (χ1) is 12.0. The van der Waals surface area contributed by atoms with Gasteiger partial charge in [0, 0.05) is 47.6 Å². The van der Waals surface area contributed by atoms with E-state index >= 15 is 0 Å². The molecule has 3 rings (SSSR count). The molecule has 5 nitrogen and oxygen atoms in total. The Bertz CT molecular complexity index is 761. The van der Waals surface area contributed by atoms with Crippen LogP contribution in [0.2, 0.25) is 0 Å². The van der Waals surface area contributed by atoms with E-state index in [0.717, 1.165) is 40.6 Å². The molecule has 1 aliphatic rings. The standard InChI is InChI=1S/C20H27N3O2/c1-6-24-19-8-16-7-12(2)25-20(16)9-17(19)10-21-13(3)18-11-22-15(5)23-14(18)4/h8-9,11-13,21H,6-7,10H2,1-5H3. The molecule has 2 unspecified atom stereocenters. The van der Waals surface area contributed by atoms with Crippen molar-refractivity contribution in [2.24, 2.45) is 0 Å². The fourth-order valence-electron chi connectivity index (χ4n) is 3.30. The van der Waals surface area contributed by atoms with Crippen LogP contribution in [0.25, 0.3) is 0 Å². The lowest BCUT2D eigenvalue weighted by atomic mass is 10.1. The van der Waals surface area contributed by atoms with Crippen molar-refractivity contribution in [2.75, 3.05) is 6.61 Å². The van der Waals surface area contributed by atoms with Gasteiger partial charge in [-0.15, -0.1) is 0 Å². The lowest BCUT2D eigenvalue weighted by molar-refractivity contribution is 0.254. The zero-order chi connectivity index (χ0) is 18.0. The van der Waals surface area contributed by atoms with E-state index in [1.54, 1.807) is 0 Å². The number of hydrogen-bond acceptors (Lipinski definition) is 5. The fourth-order valence-corrected chi connectivity index (χ4v) is 3.30. The second-order valence-electron chi connectivity index (χ2n) is 6.69. The number of rotatable bonds is 6. The molecule has 1 N–H and O–H groups in total. The van der Waals surface area contributed by atoms with Gasteiger partial charge in [0.05, 0.1) is 6.61 Å². The maximum absolute atomic E-state index is 5.90. The normalized spacial score (nSPS) is 17.1. The Balaban J connectivity index is 1.77. The van der Waals surface area contributed by atoms with Crippen LogP contribution in [0.5, 0.6) is 11.5 Å². The molecule has 5 heteroatoms. The summed E-state index contributed by atoms with van der Waals surface area (Å²) in [7, 11) is 0. The number of fused-ring (bicyclic) bond motifs is 1. The lowest BCUT2D eigenvalue weighted by Gasteiger charge is -2.18. The number of aromatic nitrogens is 2. The van der Waals surface area contributed by atoms with E-state index in [4.69, 9.17) is 9.47 Å². The number of aryl methyl sites for hydroxylation is 2. The SMILES string of the molecule is CCOc1cc2c(cc1CNC(C)c1cnc(C)nc1C)OC(C)C2. The smallest absolute Gasteiger partial charge is 0.125 e. The Labute approximate surface area is 149 Å². The van der Waals surface area contributed by atoms with Crippen molar-refractivity contribution >= 4 is 0 Å². The molecular formula is C20H27N3O2. The monoisotopic (exact) mass is 341 g/mol. The van der Waals surface area contributed by atoms with E-state index in [-0.39, 0.29) is 12.1 Å². The molecule has 134 valence electrons. The highest BCUT2D eigenvalue weighted by molar-refractivity contribution is 5.48. The van der Waals surface area contributed by atoms with Crippen molar-refractivity contribution in [2.45, 2.75) is 59.7 Å². The van der Waals surface area contributed by atoms with Crippen molar-refractivity contribution in [3.05, 3.63) is 46.5 Å². The number of nitrogens with zero attached hydrogens (tertiary/aromatic N) is 2. The Morgan fingerprint density at radius 3 is 2.88 bits per heavy atom. The van der Waals surface area contributed by atoms with Crippen molar-refractivity contribution in [1.82, 2.24) is 15.3 Å². The zero-order valence-electron chi connectivity index (χ0n) is 15.7. The number of nitrogens with one attached hydrogen (secondary N) is 1. The largest absolute Gasteiger partial charge is 0.494 e. The van der Waals surface area contributed by atoms with Gasteiger partial charge >= 0.3 is 0 Å². The van der Waals surface area contributed by atoms with E-state index in [1.807, 2.05) is 27.0 Å². The molecule has 0 saturated carbocycles. The Morgan fingerprint density at radius 1 is 1.36 bits per heavy atom. The van der Waals surface area contributed by atoms with Crippen LogP contribution in [0, 0.1) is 13.8 Å². The molecule has 0 amide bonds. The van der Waals surface area contributed by atoms with Crippen molar-refractivity contribution in [3.63, 3.8) is 0 Å². The van der Waals surface area contributed by atoms with Gasteiger partial charge in [-0.25, -0.2) is 9.97 Å². The second kappa shape index (κ2) is 7.40. The summed E-state index contributed by atoms with van der Waals surface area (Å²) in [6.45, 7) is 11.5. The third-order valence-corrected chi connectivity index (χ3v) is 4.58. The summed E-state index contributed by atoms with van der Waals surface area (Å²) in [5.74, 6) is 2.72. The Kier molecular flexibility index (Phi) is 5.23. The first-order valence-corrected chi connectivity index (χ1v) is 8.96. The maximum atomic E-state index is 5.90. The molecule has 0 fully saturated rings. The van der Waals surface area contributed by atoms with Gasteiger partial charge < -0.3 is 14.8 Å². The summed E-state index contributed by atoms with van der Waals surface area (Å²) < 4.78 is 11.8. The molecule has 0 radical (unpaired) electrons. The number of ether oxygens (including phenoxy) is 2. The highest BCUT2D eigenvalue weighted by Crippen LogP contribution is 2.35. The van der Waals surface area contributed by atoms with Crippen LogP contribution in [0.15, 0.2) is 18.3 Å². The van der Waals surface area contributed by atoms with Gasteiger partial charge in [0.1, 0.15) is 23.4 Å². The molecule has 1 aromatic carbocycles. The molecule has 25 heavy (non-hydrogen) atoms. The molecule has 1 aliphatic heterocycles. The first kappa shape index (κ1) is 17.7. The van der Waals surface area contributed by atoms with Crippen LogP contribution in [-0.2, 0) is 13.0 Å². The van der Waals surface area contributed by atoms with Crippen LogP contribution >= 0.6 is 0 Å². The molecule has 1 aromatic heterocycles. The number of benzene rings is 1. The van der Waals surface area contributed by atoms with Crippen LogP contribution in [0.3, 0.4) is 0 Å². The van der Waals surface area contributed by atoms with E-state index < -0.39 is 0 Å². The molecule has 2 atom stereocenters. The third kappa shape index (κ3) is 3.93. The van der Waals surface area contributed by atoms with Gasteiger partial charge in [-0.05, 0) is 46.8 Å². The van der Waals surface area contributed by atoms with Crippen molar-refractivity contribution in [1.29, 1.82) is 0 Å². The second-order valence-corrected chi connectivity index (χ2v) is 6.69. The van der Waals surface area contributed by atoms with Gasteiger partial charge in [-0.1, -0.05) is 0 Å². The molecule has 2 aromatic rings. The van der Waals surface area contributed by atoms with Gasteiger partial charge in [-0.2, -0.15) is 0 Å². The minimum Gasteiger partial charge on any atom is -0.494 e. The van der Waals surface area contributed by atoms with Crippen LogP contribution in [0.1, 0.15) is 55.0 Å². The average molecular weight is 341 g/mol. The van der Waals surface area contributed by atoms with Gasteiger partial charge in [-0.3, -0.25) is 0 Å². The van der Waals surface area contributed by atoms with Crippen molar-refractivity contribution < 1.29 is 9.47 Å². The molecule has 0 spiro atoms. The highest BCUT2D eigenvalue weighted by atomic mass is 16.5. The molecule has 0 aliphatic carbocycles. The summed E-state index contributed by atoms with van der Waals surface area (Å²) >= 11 is 0. The summed E-state index contributed by atoms with van der Waals surface area (Å²) in [6, 6.07) is 4.40. The number of hydrogen-bond donors (Lipinski definition) is 1. The minimum absolute atomic E-state index is 0.156. The van der Waals surface area contributed by atoms with Crippen molar-refractivity contribution in [3.8, 4) is 11.5 Å². The molecular weight excluding hydrogens is 314 g/mol. The van der Waals surface area contributed by atoms with Crippen LogP contribution in [-0.4, -0.2) is 22.7 Å². The zero-order valence-corrected chi connectivity index (χ0v) is 15.7. The predicted molar refractivity (Wildman–Crippen MR) is 98.2 cm³/mol. The van der Waals surface area contributed by atoms with E-state index in [2.05, 4.69) is 41.3 Å². The topological polar surface area (TPSA) is 56.3 Å². The van der Waals surface area contributed by atoms with Crippen LogP contribution in [0.4, 0.5) is 0 Å². The predicted octanol–water partition coefficient (Wildman–Crippen LogP) is 3.67. The Morgan fingerprint density at radius 2 is 2.16 bits per heavy atom. The molecule has 2 heterocycles. The summed E-state index contributed by atoms with van der Waals surface area (Å²) in [4.78, 5) is 8.78. The van der Waals surface area contributed by atoms with E-state index in [1.165, 1.54) is 5.56 Å². The minimum atomic E-state index is 0.156. The maximum Gasteiger partial charge on any atom is 0.125 e. The van der Waals surface area contributed by atoms with Gasteiger partial charge in [0.25, 0.3) is 0 Å². The first-order valence-electron chi connectivity index (χ1n) is 8.96. The van der Waals surface area contributed by atoms with Crippen LogP contribution < -0.4 is 14.8 Å². The average Bonchev–Trinajstić information content (AvgIpc) is 2.91. The Hall–Kier alpha value is -2.14. The van der Waals surface area contributed by atoms with E-state index in [9.17, 15) is 0 Å². The summed E-state index contributed by atoms with van der Waals surface area (Å²) in [6.07, 6.45) is 3.09. The quantitative estimate of drug-likeness (QED) is 0.869.